The van der Waals surface area contributed by atoms with Crippen molar-refractivity contribution in [2.45, 2.75) is 66.2 Å². The van der Waals surface area contributed by atoms with Crippen molar-refractivity contribution in [3.05, 3.63) is 57.6 Å². The van der Waals surface area contributed by atoms with E-state index in [2.05, 4.69) is 51.5 Å². The molecule has 0 aromatic heterocycles. The first-order valence-corrected chi connectivity index (χ1v) is 11.2. The first kappa shape index (κ1) is 27.8. The molecule has 0 fully saturated rings. The molecular weight excluding hydrogens is 439 g/mol. The van der Waals surface area contributed by atoms with Crippen LogP contribution in [0.1, 0.15) is 74.9 Å². The van der Waals surface area contributed by atoms with E-state index in [9.17, 15) is 10.2 Å². The van der Waals surface area contributed by atoms with Crippen LogP contribution < -0.4 is 0 Å². The molecule has 2 rings (SSSR count). The van der Waals surface area contributed by atoms with Crippen LogP contribution in [-0.2, 0) is 31.9 Å². The number of hydrogen-bond acceptors (Lipinski definition) is 5. The standard InChI is InChI=1S/C26H36N2O2.O.V/c1-17-11-19(23(29)21(13-17)25(3,4)5)15-27-9-10-28-16-20-12-18(2)14-22(24(20)30)26(6,7)8;;/h11-16,29-30H,9-10H2,1-8H3;;. The summed E-state index contributed by atoms with van der Waals surface area (Å²) in [5.41, 5.74) is 5.24. The van der Waals surface area contributed by atoms with Gasteiger partial charge in [-0.15, -0.1) is 0 Å². The molecule has 0 bridgehead atoms. The molecule has 0 spiro atoms. The molecule has 0 aliphatic rings. The summed E-state index contributed by atoms with van der Waals surface area (Å²) in [4.78, 5) is 8.87. The number of phenolic OH excluding ortho intramolecular Hbond substituents is 2. The summed E-state index contributed by atoms with van der Waals surface area (Å²) >= 11 is 1.06. The molecule has 32 heavy (non-hydrogen) atoms. The van der Waals surface area contributed by atoms with Gasteiger partial charge in [-0.1, -0.05) is 53.7 Å². The van der Waals surface area contributed by atoms with Crippen molar-refractivity contribution in [3.63, 3.8) is 0 Å². The quantitative estimate of drug-likeness (QED) is 0.428. The summed E-state index contributed by atoms with van der Waals surface area (Å²) in [6.07, 6.45) is 3.43. The summed E-state index contributed by atoms with van der Waals surface area (Å²) < 4.78 is 8.19. The molecule has 0 amide bonds. The number of benzene rings is 2. The zero-order valence-electron chi connectivity index (χ0n) is 20.5. The summed E-state index contributed by atoms with van der Waals surface area (Å²) in [5, 5.41) is 21.2. The van der Waals surface area contributed by atoms with Crippen LogP contribution in [0.5, 0.6) is 11.5 Å². The van der Waals surface area contributed by atoms with Crippen LogP contribution in [0.3, 0.4) is 0 Å². The fraction of sp³-hybridized carbons (Fsp3) is 0.462. The van der Waals surface area contributed by atoms with Crippen LogP contribution in [-0.4, -0.2) is 35.7 Å². The van der Waals surface area contributed by atoms with E-state index in [0.717, 1.165) is 50.7 Å². The van der Waals surface area contributed by atoms with Crippen molar-refractivity contribution in [2.24, 2.45) is 9.98 Å². The van der Waals surface area contributed by atoms with Gasteiger partial charge < -0.3 is 10.2 Å². The Balaban J connectivity index is 0.00000249. The van der Waals surface area contributed by atoms with Gasteiger partial charge in [0, 0.05) is 34.7 Å². The van der Waals surface area contributed by atoms with Gasteiger partial charge in [0.25, 0.3) is 0 Å². The van der Waals surface area contributed by atoms with E-state index < -0.39 is 0 Å². The molecule has 0 atom stereocenters. The second-order valence-electron chi connectivity index (χ2n) is 10.1. The van der Waals surface area contributed by atoms with Crippen LogP contribution in [0.2, 0.25) is 0 Å². The van der Waals surface area contributed by atoms with E-state index in [-0.39, 0.29) is 10.8 Å². The monoisotopic (exact) mass is 475 g/mol. The van der Waals surface area contributed by atoms with Gasteiger partial charge in [0.1, 0.15) is 11.5 Å². The SMILES string of the molecule is Cc1cc(C=NCCN=Cc2cc(C)cc(C(C)(C)C)c2O)c(O)c(C(C)(C)C)c1.[O]=[V]. The van der Waals surface area contributed by atoms with Crippen LogP contribution in [0.25, 0.3) is 0 Å². The van der Waals surface area contributed by atoms with Crippen LogP contribution in [0, 0.1) is 13.8 Å². The Kier molecular flexibility index (Phi) is 10.1. The summed E-state index contributed by atoms with van der Waals surface area (Å²) in [5.74, 6) is 0.583. The van der Waals surface area contributed by atoms with E-state index in [4.69, 9.17) is 3.67 Å². The predicted molar refractivity (Wildman–Crippen MR) is 129 cm³/mol. The zero-order chi connectivity index (χ0) is 24.7. The Labute approximate surface area is 201 Å². The molecule has 0 radical (unpaired) electrons. The molecule has 0 aliphatic heterocycles. The molecule has 0 aliphatic carbocycles. The zero-order valence-corrected chi connectivity index (χ0v) is 21.9. The van der Waals surface area contributed by atoms with E-state index in [1.54, 1.807) is 12.4 Å². The van der Waals surface area contributed by atoms with Crippen molar-refractivity contribution in [1.82, 2.24) is 0 Å². The van der Waals surface area contributed by atoms with Crippen LogP contribution in [0.15, 0.2) is 34.3 Å². The summed E-state index contributed by atoms with van der Waals surface area (Å²) in [6, 6.07) is 7.93. The number of aliphatic imine (C=N–C) groups is 2. The van der Waals surface area contributed by atoms with E-state index in [1.807, 2.05) is 38.1 Å². The van der Waals surface area contributed by atoms with Crippen molar-refractivity contribution in [3.8, 4) is 11.5 Å². The number of hydrogen-bond donors (Lipinski definition) is 2. The fourth-order valence-electron chi connectivity index (χ4n) is 3.40. The first-order chi connectivity index (χ1) is 14.8. The van der Waals surface area contributed by atoms with Crippen molar-refractivity contribution >= 4 is 12.4 Å². The van der Waals surface area contributed by atoms with Gasteiger partial charge in [-0.2, -0.15) is 0 Å². The van der Waals surface area contributed by atoms with Gasteiger partial charge in [-0.3, -0.25) is 9.98 Å². The molecule has 0 unspecified atom stereocenters. The Morgan fingerprint density at radius 3 is 1.31 bits per heavy atom. The molecule has 0 saturated heterocycles. The molecule has 6 heteroatoms. The Morgan fingerprint density at radius 2 is 1.03 bits per heavy atom. The van der Waals surface area contributed by atoms with E-state index >= 15 is 0 Å². The van der Waals surface area contributed by atoms with Crippen molar-refractivity contribution in [2.75, 3.05) is 13.1 Å². The molecular formula is C26H36N2O3V. The van der Waals surface area contributed by atoms with Gasteiger partial charge in [-0.25, -0.2) is 0 Å². The van der Waals surface area contributed by atoms with Crippen LogP contribution >= 0.6 is 0 Å². The van der Waals surface area contributed by atoms with E-state index in [1.165, 1.54) is 0 Å². The molecule has 2 aromatic rings. The van der Waals surface area contributed by atoms with Gasteiger partial charge in [0.2, 0.25) is 0 Å². The summed E-state index contributed by atoms with van der Waals surface area (Å²) in [6.45, 7) is 17.6. The summed E-state index contributed by atoms with van der Waals surface area (Å²) in [7, 11) is 0. The minimum absolute atomic E-state index is 0.134. The first-order valence-electron chi connectivity index (χ1n) is 10.7. The molecule has 5 nitrogen and oxygen atoms in total. The Bertz CT molecular complexity index is 905. The van der Waals surface area contributed by atoms with Crippen molar-refractivity contribution < 1.29 is 31.3 Å². The second-order valence-corrected chi connectivity index (χ2v) is 10.1. The van der Waals surface area contributed by atoms with Crippen molar-refractivity contribution in [1.29, 1.82) is 0 Å². The number of aromatic hydroxyl groups is 2. The van der Waals surface area contributed by atoms with Gasteiger partial charge in [0.05, 0.1) is 13.1 Å². The maximum absolute atomic E-state index is 10.6. The fourth-order valence-corrected chi connectivity index (χ4v) is 3.40. The van der Waals surface area contributed by atoms with Gasteiger partial charge >= 0.3 is 21.0 Å². The Morgan fingerprint density at radius 1 is 0.719 bits per heavy atom. The average molecular weight is 476 g/mol. The third kappa shape index (κ3) is 7.72. The molecule has 2 aromatic carbocycles. The molecule has 2 N–H and O–H groups in total. The number of nitrogens with zero attached hydrogens (tertiary/aromatic N) is 2. The maximum atomic E-state index is 10.6. The van der Waals surface area contributed by atoms with Gasteiger partial charge in [-0.05, 0) is 47.9 Å². The second kappa shape index (κ2) is 11.6. The Hall–Kier alpha value is -2.24. The van der Waals surface area contributed by atoms with E-state index in [0.29, 0.717) is 24.6 Å². The molecule has 173 valence electrons. The number of phenols is 2. The number of aryl methyl sites for hydroxylation is 2. The minimum atomic E-state index is -0.134. The normalized spacial score (nSPS) is 12.2. The van der Waals surface area contributed by atoms with Crippen LogP contribution in [0.4, 0.5) is 0 Å². The predicted octanol–water partition coefficient (Wildman–Crippen LogP) is 5.73. The molecule has 0 heterocycles. The topological polar surface area (TPSA) is 82.2 Å². The average Bonchev–Trinajstić information content (AvgIpc) is 2.68. The number of rotatable bonds is 5. The van der Waals surface area contributed by atoms with Gasteiger partial charge in [0.15, 0.2) is 0 Å². The third-order valence-corrected chi connectivity index (χ3v) is 5.00. The molecule has 0 saturated carbocycles. The third-order valence-electron chi connectivity index (χ3n) is 5.00.